The van der Waals surface area contributed by atoms with Crippen LogP contribution in [0.15, 0.2) is 61.1 Å². The third-order valence-corrected chi connectivity index (χ3v) is 10.1. The van der Waals surface area contributed by atoms with Gasteiger partial charge in [0.15, 0.2) is 11.4 Å². The highest BCUT2D eigenvalue weighted by Gasteiger charge is 2.36. The molecule has 2 aliphatic heterocycles. The number of fused-ring (bicyclic) bond motifs is 1. The van der Waals surface area contributed by atoms with Crippen molar-refractivity contribution in [3.05, 3.63) is 82.4 Å². The summed E-state index contributed by atoms with van der Waals surface area (Å²) >= 11 is 14.2. The van der Waals surface area contributed by atoms with E-state index in [2.05, 4.69) is 15.2 Å². The van der Waals surface area contributed by atoms with E-state index in [1.165, 1.54) is 12.0 Å². The molecule has 5 aromatic rings. The van der Waals surface area contributed by atoms with Gasteiger partial charge in [-0.15, -0.1) is 0 Å². The minimum absolute atomic E-state index is 0.0277. The van der Waals surface area contributed by atoms with E-state index in [4.69, 9.17) is 42.6 Å². The number of ether oxygens (including phenoxy) is 2. The van der Waals surface area contributed by atoms with Gasteiger partial charge in [0.05, 0.1) is 53.5 Å². The van der Waals surface area contributed by atoms with E-state index in [-0.39, 0.29) is 30.9 Å². The first kappa shape index (κ1) is 35.5. The van der Waals surface area contributed by atoms with Crippen molar-refractivity contribution in [2.75, 3.05) is 33.9 Å². The lowest BCUT2D eigenvalue weighted by Gasteiger charge is -2.43. The van der Waals surface area contributed by atoms with E-state index >= 15 is 0 Å². The SMILES string of the molecule is COc1nc(-c2cccc(-c3ccnc(-c4cc(OC)c5nc(CN6CC(C)(O)C6)cn5c4)c3Cl)c2Cl)ccc1CN(CC1CCC(=O)N1)C(=O)O. The van der Waals surface area contributed by atoms with Crippen LogP contribution in [-0.4, -0.2) is 96.9 Å². The van der Waals surface area contributed by atoms with Crippen LogP contribution in [-0.2, 0) is 17.9 Å². The number of carbonyl (C=O) groups is 2. The largest absolute Gasteiger partial charge is 0.493 e. The minimum Gasteiger partial charge on any atom is -0.493 e. The van der Waals surface area contributed by atoms with Crippen LogP contribution in [0.1, 0.15) is 31.0 Å². The maximum atomic E-state index is 12.1. The van der Waals surface area contributed by atoms with E-state index in [0.29, 0.717) is 93.1 Å². The number of benzene rings is 1. The van der Waals surface area contributed by atoms with Crippen molar-refractivity contribution in [3.63, 3.8) is 0 Å². The highest BCUT2D eigenvalue weighted by Crippen LogP contribution is 2.42. The molecule has 270 valence electrons. The lowest BCUT2D eigenvalue weighted by atomic mass is 9.97. The second kappa shape index (κ2) is 14.2. The fraction of sp³-hybridized carbons (Fsp3) is 0.324. The summed E-state index contributed by atoms with van der Waals surface area (Å²) in [6, 6.07) is 12.5. The van der Waals surface area contributed by atoms with Gasteiger partial charge in [0.2, 0.25) is 11.8 Å². The average Bonchev–Trinajstić information content (AvgIpc) is 3.72. The summed E-state index contributed by atoms with van der Waals surface area (Å²) in [5.41, 5.74) is 5.12. The number of aliphatic hydroxyl groups is 1. The Bertz CT molecular complexity index is 2180. The van der Waals surface area contributed by atoms with Crippen molar-refractivity contribution in [1.29, 1.82) is 0 Å². The molecule has 0 radical (unpaired) electrons. The topological polar surface area (TPSA) is 155 Å². The molecule has 15 heteroatoms. The molecule has 2 fully saturated rings. The number of carboxylic acid groups (broad SMARTS) is 1. The van der Waals surface area contributed by atoms with Gasteiger partial charge in [-0.25, -0.2) is 14.8 Å². The summed E-state index contributed by atoms with van der Waals surface area (Å²) in [5, 5.41) is 23.6. The Balaban J connectivity index is 1.17. The summed E-state index contributed by atoms with van der Waals surface area (Å²) in [6.45, 7) is 3.78. The molecule has 52 heavy (non-hydrogen) atoms. The zero-order chi connectivity index (χ0) is 36.7. The van der Waals surface area contributed by atoms with Crippen molar-refractivity contribution in [2.45, 2.75) is 44.5 Å². The Labute approximate surface area is 309 Å². The summed E-state index contributed by atoms with van der Waals surface area (Å²) in [6.07, 6.45) is 5.37. The molecule has 0 saturated carbocycles. The Morgan fingerprint density at radius 1 is 1.06 bits per heavy atom. The Kier molecular flexibility index (Phi) is 9.70. The number of halogens is 2. The van der Waals surface area contributed by atoms with Crippen LogP contribution in [0.3, 0.4) is 0 Å². The quantitative estimate of drug-likeness (QED) is 0.152. The van der Waals surface area contributed by atoms with Crippen molar-refractivity contribution < 1.29 is 29.3 Å². The van der Waals surface area contributed by atoms with Gasteiger partial charge in [-0.3, -0.25) is 14.7 Å². The highest BCUT2D eigenvalue weighted by atomic mass is 35.5. The number of pyridine rings is 3. The van der Waals surface area contributed by atoms with Crippen LogP contribution in [0.2, 0.25) is 10.0 Å². The molecule has 1 aromatic carbocycles. The number of carbonyl (C=O) groups excluding carboxylic acids is 1. The molecule has 2 aliphatic rings. The number of nitrogens with zero attached hydrogens (tertiary/aromatic N) is 6. The minimum atomic E-state index is -1.11. The molecule has 2 amide bonds. The standard InChI is InChI=1S/C37H37Cl2N7O6/c1-37(50)19-44(20-37)16-24-18-45-15-22(13-29(51-2)34(45)42-24)33-32(39)26(11-12-40-33)25-5-4-6-27(31(25)38)28-9-7-21(35(43-28)52-3)14-46(36(48)49)17-23-8-10-30(47)41-23/h4-7,9,11-13,15,18,23,50H,8,10,14,16-17,19-20H2,1-3H3,(H,41,47)(H,48,49). The molecule has 4 aromatic heterocycles. The van der Waals surface area contributed by atoms with E-state index in [1.54, 1.807) is 31.5 Å². The molecule has 0 aliphatic carbocycles. The first-order valence-electron chi connectivity index (χ1n) is 16.7. The zero-order valence-corrected chi connectivity index (χ0v) is 30.3. The molecule has 1 atom stereocenters. The lowest BCUT2D eigenvalue weighted by molar-refractivity contribution is -0.119. The first-order valence-corrected chi connectivity index (χ1v) is 17.4. The van der Waals surface area contributed by atoms with E-state index in [0.717, 1.165) is 5.69 Å². The lowest BCUT2D eigenvalue weighted by Crippen LogP contribution is -2.59. The molecular weight excluding hydrogens is 709 g/mol. The number of aromatic nitrogens is 4. The fourth-order valence-electron chi connectivity index (χ4n) is 6.94. The summed E-state index contributed by atoms with van der Waals surface area (Å²) < 4.78 is 13.2. The van der Waals surface area contributed by atoms with Gasteiger partial charge >= 0.3 is 6.09 Å². The van der Waals surface area contributed by atoms with Crippen LogP contribution < -0.4 is 14.8 Å². The number of imidazole rings is 1. The smallest absolute Gasteiger partial charge is 0.407 e. The fourth-order valence-corrected chi connectivity index (χ4v) is 7.58. The van der Waals surface area contributed by atoms with Gasteiger partial charge < -0.3 is 34.3 Å². The monoisotopic (exact) mass is 745 g/mol. The molecule has 3 N–H and O–H groups in total. The maximum Gasteiger partial charge on any atom is 0.407 e. The number of rotatable bonds is 11. The van der Waals surface area contributed by atoms with Crippen LogP contribution in [0, 0.1) is 0 Å². The normalized spacial score (nSPS) is 16.8. The molecular formula is C37H37Cl2N7O6. The van der Waals surface area contributed by atoms with Crippen LogP contribution >= 0.6 is 23.2 Å². The second-order valence-corrected chi connectivity index (χ2v) is 14.2. The zero-order valence-electron chi connectivity index (χ0n) is 28.8. The van der Waals surface area contributed by atoms with Gasteiger partial charge in [-0.2, -0.15) is 0 Å². The first-order chi connectivity index (χ1) is 24.9. The summed E-state index contributed by atoms with van der Waals surface area (Å²) in [5.74, 6) is 0.736. The molecule has 0 spiro atoms. The number of methoxy groups -OCH3 is 2. The predicted octanol–water partition coefficient (Wildman–Crippen LogP) is 5.77. The number of hydrogen-bond acceptors (Lipinski definition) is 9. The van der Waals surface area contributed by atoms with Crippen LogP contribution in [0.4, 0.5) is 4.79 Å². The molecule has 0 bridgehead atoms. The third-order valence-electron chi connectivity index (χ3n) is 9.32. The number of β-amino-alcohol motifs (C(OH)–C–C–N with tert-alkyl or cyclic N) is 1. The van der Waals surface area contributed by atoms with Crippen molar-refractivity contribution in [3.8, 4) is 45.3 Å². The second-order valence-electron chi connectivity index (χ2n) is 13.4. The van der Waals surface area contributed by atoms with Gasteiger partial charge in [-0.05, 0) is 37.6 Å². The van der Waals surface area contributed by atoms with E-state index < -0.39 is 11.7 Å². The van der Waals surface area contributed by atoms with Crippen LogP contribution in [0.5, 0.6) is 11.6 Å². The molecule has 2 saturated heterocycles. The van der Waals surface area contributed by atoms with Gasteiger partial charge in [0, 0.05) is 85.0 Å². The Hall–Kier alpha value is -4.95. The van der Waals surface area contributed by atoms with E-state index in [9.17, 15) is 19.8 Å². The van der Waals surface area contributed by atoms with Gasteiger partial charge in [0.1, 0.15) is 0 Å². The van der Waals surface area contributed by atoms with Gasteiger partial charge in [-0.1, -0.05) is 41.4 Å². The van der Waals surface area contributed by atoms with Gasteiger partial charge in [0.25, 0.3) is 0 Å². The highest BCUT2D eigenvalue weighted by molar-refractivity contribution is 6.39. The Morgan fingerprint density at radius 2 is 1.83 bits per heavy atom. The summed E-state index contributed by atoms with van der Waals surface area (Å²) in [7, 11) is 3.06. The molecule has 13 nitrogen and oxygen atoms in total. The number of likely N-dealkylation sites (tertiary alicyclic amines) is 1. The predicted molar refractivity (Wildman–Crippen MR) is 196 cm³/mol. The van der Waals surface area contributed by atoms with Crippen molar-refractivity contribution in [1.82, 2.24) is 34.5 Å². The molecule has 6 heterocycles. The molecule has 1 unspecified atom stereocenters. The summed E-state index contributed by atoms with van der Waals surface area (Å²) in [4.78, 5) is 41.2. The van der Waals surface area contributed by atoms with E-state index in [1.807, 2.05) is 48.0 Å². The van der Waals surface area contributed by atoms with Crippen molar-refractivity contribution in [2.24, 2.45) is 0 Å². The Morgan fingerprint density at radius 3 is 2.52 bits per heavy atom. The van der Waals surface area contributed by atoms with Crippen molar-refractivity contribution >= 4 is 40.8 Å². The number of nitrogens with one attached hydrogen (secondary N) is 1. The maximum absolute atomic E-state index is 12.1. The third kappa shape index (κ3) is 7.09. The number of hydrogen-bond donors (Lipinski definition) is 3. The number of amides is 2. The average molecular weight is 747 g/mol. The molecule has 7 rings (SSSR count). The van der Waals surface area contributed by atoms with Crippen LogP contribution in [0.25, 0.3) is 39.3 Å².